The summed E-state index contributed by atoms with van der Waals surface area (Å²) in [7, 11) is 0. The maximum absolute atomic E-state index is 11.6. The van der Waals surface area contributed by atoms with Gasteiger partial charge in [0.2, 0.25) is 0 Å². The van der Waals surface area contributed by atoms with Gasteiger partial charge in [0.25, 0.3) is 0 Å². The molecule has 0 aromatic rings. The van der Waals surface area contributed by atoms with Crippen molar-refractivity contribution in [3.05, 3.63) is 0 Å². The summed E-state index contributed by atoms with van der Waals surface area (Å²) in [5.41, 5.74) is -0.709. The second kappa shape index (κ2) is 5.38. The molecule has 0 bridgehead atoms. The molecule has 3 nitrogen and oxygen atoms in total. The highest BCUT2D eigenvalue weighted by atomic mass is 16.4. The van der Waals surface area contributed by atoms with Crippen LogP contribution in [0, 0.1) is 23.2 Å². The molecule has 0 aliphatic heterocycles. The third-order valence-electron chi connectivity index (χ3n) is 4.89. The molecular weight excluding hydrogens is 216 g/mol. The summed E-state index contributed by atoms with van der Waals surface area (Å²) in [6.07, 6.45) is 2.80. The monoisotopic (exact) mass is 242 g/mol. The predicted molar refractivity (Wildman–Crippen MR) is 67.7 cm³/mol. The van der Waals surface area contributed by atoms with Gasteiger partial charge in [0.1, 0.15) is 0 Å². The van der Waals surface area contributed by atoms with Crippen LogP contribution in [0.5, 0.6) is 0 Å². The van der Waals surface area contributed by atoms with Crippen molar-refractivity contribution in [2.75, 3.05) is 0 Å². The van der Waals surface area contributed by atoms with Gasteiger partial charge in [0.05, 0.1) is 11.5 Å². The van der Waals surface area contributed by atoms with Gasteiger partial charge in [0, 0.05) is 0 Å². The van der Waals surface area contributed by atoms with Crippen molar-refractivity contribution in [3.63, 3.8) is 0 Å². The standard InChI is InChI=1S/C14H26O3/c1-9(2)12-5-7-14(8-6-12,13(16)17)10(3)11(4)15/h9-12,15H,5-8H2,1-4H3,(H,16,17). The average Bonchev–Trinajstić information content (AvgIpc) is 2.27. The summed E-state index contributed by atoms with van der Waals surface area (Å²) < 4.78 is 0. The maximum Gasteiger partial charge on any atom is 0.310 e. The van der Waals surface area contributed by atoms with Gasteiger partial charge in [-0.05, 0) is 50.4 Å². The number of aliphatic hydroxyl groups is 1. The van der Waals surface area contributed by atoms with Crippen molar-refractivity contribution in [2.24, 2.45) is 23.2 Å². The second-order valence-electron chi connectivity index (χ2n) is 6.07. The largest absolute Gasteiger partial charge is 0.481 e. The Morgan fingerprint density at radius 2 is 1.65 bits per heavy atom. The van der Waals surface area contributed by atoms with Crippen LogP contribution in [-0.4, -0.2) is 22.3 Å². The number of carbonyl (C=O) groups is 1. The first-order valence-corrected chi connectivity index (χ1v) is 6.72. The molecule has 0 saturated heterocycles. The lowest BCUT2D eigenvalue weighted by atomic mass is 9.61. The molecule has 2 N–H and O–H groups in total. The van der Waals surface area contributed by atoms with E-state index in [1.807, 2.05) is 6.92 Å². The van der Waals surface area contributed by atoms with E-state index in [0.717, 1.165) is 12.8 Å². The number of carboxylic acid groups (broad SMARTS) is 1. The summed E-state index contributed by atoms with van der Waals surface area (Å²) in [5.74, 6) is 0.369. The summed E-state index contributed by atoms with van der Waals surface area (Å²) in [6.45, 7) is 7.98. The van der Waals surface area contributed by atoms with E-state index in [-0.39, 0.29) is 5.92 Å². The fourth-order valence-electron chi connectivity index (χ4n) is 3.15. The van der Waals surface area contributed by atoms with Crippen LogP contribution in [0.3, 0.4) is 0 Å². The fraction of sp³-hybridized carbons (Fsp3) is 0.929. The lowest BCUT2D eigenvalue weighted by Crippen LogP contribution is -2.45. The van der Waals surface area contributed by atoms with E-state index in [4.69, 9.17) is 0 Å². The van der Waals surface area contributed by atoms with Crippen molar-refractivity contribution in [1.82, 2.24) is 0 Å². The van der Waals surface area contributed by atoms with Gasteiger partial charge < -0.3 is 10.2 Å². The Balaban J connectivity index is 2.81. The molecule has 17 heavy (non-hydrogen) atoms. The number of carboxylic acids is 1. The lowest BCUT2D eigenvalue weighted by Gasteiger charge is -2.43. The molecule has 1 rings (SSSR count). The number of hydrogen-bond acceptors (Lipinski definition) is 2. The molecule has 1 aliphatic rings. The van der Waals surface area contributed by atoms with Gasteiger partial charge in [-0.2, -0.15) is 0 Å². The van der Waals surface area contributed by atoms with E-state index in [2.05, 4.69) is 13.8 Å². The Morgan fingerprint density at radius 1 is 1.18 bits per heavy atom. The first-order valence-electron chi connectivity index (χ1n) is 6.72. The van der Waals surface area contributed by atoms with E-state index in [9.17, 15) is 15.0 Å². The first kappa shape index (κ1) is 14.5. The molecule has 0 aromatic heterocycles. The molecule has 1 saturated carbocycles. The highest BCUT2D eigenvalue weighted by Gasteiger charge is 2.47. The quantitative estimate of drug-likeness (QED) is 0.797. The third-order valence-corrected chi connectivity index (χ3v) is 4.89. The normalized spacial score (nSPS) is 33.4. The molecule has 0 aromatic carbocycles. The Kier molecular flexibility index (Phi) is 4.59. The third kappa shape index (κ3) is 2.82. The minimum atomic E-state index is -0.729. The van der Waals surface area contributed by atoms with Gasteiger partial charge in [-0.25, -0.2) is 0 Å². The van der Waals surface area contributed by atoms with Crippen molar-refractivity contribution in [2.45, 2.75) is 59.5 Å². The van der Waals surface area contributed by atoms with Gasteiger partial charge in [0.15, 0.2) is 0 Å². The number of aliphatic carboxylic acids is 1. The molecule has 2 unspecified atom stereocenters. The van der Waals surface area contributed by atoms with E-state index in [1.54, 1.807) is 6.92 Å². The topological polar surface area (TPSA) is 57.5 Å². The first-order chi connectivity index (χ1) is 7.81. The Bertz CT molecular complexity index is 263. The van der Waals surface area contributed by atoms with Crippen LogP contribution in [-0.2, 0) is 4.79 Å². The Hall–Kier alpha value is -0.570. The predicted octanol–water partition coefficient (Wildman–Crippen LogP) is 2.92. The minimum absolute atomic E-state index is 0.173. The summed E-state index contributed by atoms with van der Waals surface area (Å²) in [4.78, 5) is 11.6. The van der Waals surface area contributed by atoms with Crippen LogP contribution >= 0.6 is 0 Å². The molecule has 2 atom stereocenters. The van der Waals surface area contributed by atoms with Crippen LogP contribution in [0.4, 0.5) is 0 Å². The van der Waals surface area contributed by atoms with Crippen LogP contribution in [0.2, 0.25) is 0 Å². The molecule has 3 heteroatoms. The van der Waals surface area contributed by atoms with Crippen molar-refractivity contribution >= 4 is 5.97 Å². The molecule has 0 amide bonds. The highest BCUT2D eigenvalue weighted by molar-refractivity contribution is 5.75. The second-order valence-corrected chi connectivity index (χ2v) is 6.07. The van der Waals surface area contributed by atoms with E-state index < -0.39 is 17.5 Å². The van der Waals surface area contributed by atoms with Crippen molar-refractivity contribution in [3.8, 4) is 0 Å². The SMILES string of the molecule is CC(C)C1CCC(C(=O)O)(C(C)C(C)O)CC1. The van der Waals surface area contributed by atoms with Crippen LogP contribution < -0.4 is 0 Å². The Morgan fingerprint density at radius 3 is 1.94 bits per heavy atom. The highest BCUT2D eigenvalue weighted by Crippen LogP contribution is 2.47. The number of rotatable bonds is 4. The Labute approximate surface area is 104 Å². The van der Waals surface area contributed by atoms with E-state index in [1.165, 1.54) is 0 Å². The average molecular weight is 242 g/mol. The molecule has 0 heterocycles. The minimum Gasteiger partial charge on any atom is -0.481 e. The van der Waals surface area contributed by atoms with Crippen molar-refractivity contribution < 1.29 is 15.0 Å². The molecule has 0 radical (unpaired) electrons. The van der Waals surface area contributed by atoms with Crippen molar-refractivity contribution in [1.29, 1.82) is 0 Å². The van der Waals surface area contributed by atoms with Crippen LogP contribution in [0.15, 0.2) is 0 Å². The molecular formula is C14H26O3. The summed E-state index contributed by atoms with van der Waals surface area (Å²) >= 11 is 0. The number of aliphatic hydroxyl groups excluding tert-OH is 1. The van der Waals surface area contributed by atoms with Gasteiger partial charge in [-0.3, -0.25) is 4.79 Å². The molecule has 1 fully saturated rings. The summed E-state index contributed by atoms with van der Waals surface area (Å²) in [5, 5.41) is 19.2. The van der Waals surface area contributed by atoms with E-state index in [0.29, 0.717) is 24.7 Å². The smallest absolute Gasteiger partial charge is 0.310 e. The van der Waals surface area contributed by atoms with Gasteiger partial charge >= 0.3 is 5.97 Å². The zero-order valence-corrected chi connectivity index (χ0v) is 11.4. The van der Waals surface area contributed by atoms with Crippen LogP contribution in [0.1, 0.15) is 53.4 Å². The zero-order valence-electron chi connectivity index (χ0n) is 11.4. The molecule has 1 aliphatic carbocycles. The van der Waals surface area contributed by atoms with Gasteiger partial charge in [-0.15, -0.1) is 0 Å². The molecule has 100 valence electrons. The fourth-order valence-corrected chi connectivity index (χ4v) is 3.15. The van der Waals surface area contributed by atoms with E-state index >= 15 is 0 Å². The maximum atomic E-state index is 11.6. The van der Waals surface area contributed by atoms with Gasteiger partial charge in [-0.1, -0.05) is 20.8 Å². The molecule has 0 spiro atoms. The number of hydrogen-bond donors (Lipinski definition) is 2. The zero-order chi connectivity index (χ0) is 13.2. The van der Waals surface area contributed by atoms with Crippen LogP contribution in [0.25, 0.3) is 0 Å². The lowest BCUT2D eigenvalue weighted by molar-refractivity contribution is -0.159. The summed E-state index contributed by atoms with van der Waals surface area (Å²) in [6, 6.07) is 0.